The fourth-order valence-electron chi connectivity index (χ4n) is 2.31. The minimum Gasteiger partial charge on any atom is -0.348 e. The smallest absolute Gasteiger partial charge is 0.232 e. The first-order valence-corrected chi connectivity index (χ1v) is 6.17. The fourth-order valence-corrected chi connectivity index (χ4v) is 2.31. The zero-order valence-corrected chi connectivity index (χ0v) is 11.0. The topological polar surface area (TPSA) is 66.6 Å². The van der Waals surface area contributed by atoms with Gasteiger partial charge < -0.3 is 15.5 Å². The average molecular weight is 241 g/mol. The molecule has 0 saturated carbocycles. The molecule has 2 N–H and O–H groups in total. The number of hydrogen-bond donors (Lipinski definition) is 1. The lowest BCUT2D eigenvalue weighted by atomic mass is 9.90. The Balaban J connectivity index is 2.63. The molecule has 1 heterocycles. The van der Waals surface area contributed by atoms with E-state index in [1.165, 1.54) is 4.90 Å². The molecule has 1 rings (SSSR count). The molecule has 1 aliphatic rings. The molecule has 5 nitrogen and oxygen atoms in total. The highest BCUT2D eigenvalue weighted by Gasteiger charge is 2.31. The maximum Gasteiger partial charge on any atom is 0.232 e. The highest BCUT2D eigenvalue weighted by Crippen LogP contribution is 2.23. The van der Waals surface area contributed by atoms with Crippen molar-refractivity contribution in [1.82, 2.24) is 9.80 Å². The summed E-state index contributed by atoms with van der Waals surface area (Å²) in [6.45, 7) is 3.32. The van der Waals surface area contributed by atoms with E-state index in [1.807, 2.05) is 0 Å². The SMILES string of the molecule is C[C@@H]1CCCN(C(=O)CC(=O)N(C)C)[C@@H]1CN. The molecule has 0 radical (unpaired) electrons. The van der Waals surface area contributed by atoms with E-state index in [4.69, 9.17) is 5.73 Å². The van der Waals surface area contributed by atoms with Crippen molar-refractivity contribution in [2.24, 2.45) is 11.7 Å². The molecule has 0 aliphatic carbocycles. The van der Waals surface area contributed by atoms with Crippen LogP contribution in [0.15, 0.2) is 0 Å². The summed E-state index contributed by atoms with van der Waals surface area (Å²) >= 11 is 0. The standard InChI is InChI=1S/C12H23N3O2/c1-9-5-4-6-15(10(9)8-13)12(17)7-11(16)14(2)3/h9-10H,4-8,13H2,1-3H3/t9-,10-/m1/s1. The molecular formula is C12H23N3O2. The summed E-state index contributed by atoms with van der Waals surface area (Å²) in [6.07, 6.45) is 2.06. The summed E-state index contributed by atoms with van der Waals surface area (Å²) in [5, 5.41) is 0. The summed E-state index contributed by atoms with van der Waals surface area (Å²) in [4.78, 5) is 26.8. The minimum absolute atomic E-state index is 0.0454. The van der Waals surface area contributed by atoms with Crippen LogP contribution >= 0.6 is 0 Å². The predicted molar refractivity (Wildman–Crippen MR) is 66.3 cm³/mol. The van der Waals surface area contributed by atoms with E-state index in [1.54, 1.807) is 19.0 Å². The lowest BCUT2D eigenvalue weighted by molar-refractivity contribution is -0.142. The van der Waals surface area contributed by atoms with Crippen LogP contribution < -0.4 is 5.73 Å². The third-order valence-corrected chi connectivity index (χ3v) is 3.48. The van der Waals surface area contributed by atoms with Crippen molar-refractivity contribution in [3.63, 3.8) is 0 Å². The number of nitrogens with zero attached hydrogens (tertiary/aromatic N) is 2. The van der Waals surface area contributed by atoms with Crippen molar-refractivity contribution in [3.8, 4) is 0 Å². The molecule has 1 fully saturated rings. The Morgan fingerprint density at radius 2 is 2.06 bits per heavy atom. The number of nitrogens with two attached hydrogens (primary N) is 1. The Kier molecular flexibility index (Phi) is 4.93. The van der Waals surface area contributed by atoms with Gasteiger partial charge in [-0.25, -0.2) is 0 Å². The van der Waals surface area contributed by atoms with Gasteiger partial charge in [0.25, 0.3) is 0 Å². The van der Waals surface area contributed by atoms with Crippen molar-refractivity contribution in [3.05, 3.63) is 0 Å². The number of likely N-dealkylation sites (tertiary alicyclic amines) is 1. The van der Waals surface area contributed by atoms with Crippen LogP contribution in [0.1, 0.15) is 26.2 Å². The fraction of sp³-hybridized carbons (Fsp3) is 0.833. The molecule has 1 aliphatic heterocycles. The van der Waals surface area contributed by atoms with Gasteiger partial charge in [-0.15, -0.1) is 0 Å². The number of carbonyl (C=O) groups is 2. The molecule has 2 amide bonds. The number of carbonyl (C=O) groups excluding carboxylic acids is 2. The van der Waals surface area contributed by atoms with Crippen LogP contribution in [0.5, 0.6) is 0 Å². The van der Waals surface area contributed by atoms with E-state index >= 15 is 0 Å². The number of hydrogen-bond acceptors (Lipinski definition) is 3. The first-order valence-electron chi connectivity index (χ1n) is 6.17. The molecule has 0 aromatic heterocycles. The Morgan fingerprint density at radius 3 is 2.59 bits per heavy atom. The van der Waals surface area contributed by atoms with Crippen LogP contribution in [0, 0.1) is 5.92 Å². The maximum absolute atomic E-state index is 12.1. The third-order valence-electron chi connectivity index (χ3n) is 3.48. The van der Waals surface area contributed by atoms with Gasteiger partial charge in [0.1, 0.15) is 6.42 Å². The van der Waals surface area contributed by atoms with Gasteiger partial charge in [0.15, 0.2) is 0 Å². The molecule has 1 saturated heterocycles. The third kappa shape index (κ3) is 3.43. The van der Waals surface area contributed by atoms with Gasteiger partial charge in [0, 0.05) is 33.2 Å². The summed E-state index contributed by atoms with van der Waals surface area (Å²) in [5.74, 6) is 0.182. The van der Waals surface area contributed by atoms with Gasteiger partial charge in [0.05, 0.1) is 0 Å². The Morgan fingerprint density at radius 1 is 1.41 bits per heavy atom. The molecule has 2 atom stereocenters. The quantitative estimate of drug-likeness (QED) is 0.710. The van der Waals surface area contributed by atoms with Crippen molar-refractivity contribution < 1.29 is 9.59 Å². The van der Waals surface area contributed by atoms with Gasteiger partial charge >= 0.3 is 0 Å². The van der Waals surface area contributed by atoms with Gasteiger partial charge in [-0.05, 0) is 18.8 Å². The van der Waals surface area contributed by atoms with E-state index in [0.717, 1.165) is 19.4 Å². The highest BCUT2D eigenvalue weighted by atomic mass is 16.2. The first kappa shape index (κ1) is 14.0. The highest BCUT2D eigenvalue weighted by molar-refractivity contribution is 5.96. The van der Waals surface area contributed by atoms with Gasteiger partial charge in [-0.1, -0.05) is 6.92 Å². The Labute approximate surface area is 103 Å². The van der Waals surface area contributed by atoms with E-state index in [2.05, 4.69) is 6.92 Å². The van der Waals surface area contributed by atoms with Crippen molar-refractivity contribution in [2.75, 3.05) is 27.2 Å². The second kappa shape index (κ2) is 6.00. The Hall–Kier alpha value is -1.10. The zero-order valence-electron chi connectivity index (χ0n) is 11.0. The lowest BCUT2D eigenvalue weighted by Crippen LogP contribution is -2.52. The second-order valence-corrected chi connectivity index (χ2v) is 4.97. The summed E-state index contributed by atoms with van der Waals surface area (Å²) in [6, 6.07) is 0.0891. The summed E-state index contributed by atoms with van der Waals surface area (Å²) in [5.41, 5.74) is 5.72. The molecule has 98 valence electrons. The normalized spacial score (nSPS) is 24.6. The maximum atomic E-state index is 12.1. The zero-order chi connectivity index (χ0) is 13.0. The number of rotatable bonds is 3. The molecule has 0 bridgehead atoms. The minimum atomic E-state index is -0.149. The number of amides is 2. The molecule has 0 unspecified atom stereocenters. The lowest BCUT2D eigenvalue weighted by Gasteiger charge is -2.39. The van der Waals surface area contributed by atoms with Crippen LogP contribution in [0.2, 0.25) is 0 Å². The molecular weight excluding hydrogens is 218 g/mol. The monoisotopic (exact) mass is 241 g/mol. The van der Waals surface area contributed by atoms with Gasteiger partial charge in [-0.3, -0.25) is 9.59 Å². The van der Waals surface area contributed by atoms with E-state index in [0.29, 0.717) is 12.5 Å². The van der Waals surface area contributed by atoms with Crippen LogP contribution in [0.25, 0.3) is 0 Å². The molecule has 17 heavy (non-hydrogen) atoms. The van der Waals surface area contributed by atoms with E-state index in [-0.39, 0.29) is 24.3 Å². The van der Waals surface area contributed by atoms with E-state index < -0.39 is 0 Å². The first-order chi connectivity index (χ1) is 7.97. The van der Waals surface area contributed by atoms with E-state index in [9.17, 15) is 9.59 Å². The van der Waals surface area contributed by atoms with Crippen molar-refractivity contribution in [2.45, 2.75) is 32.2 Å². The van der Waals surface area contributed by atoms with Crippen LogP contribution in [-0.2, 0) is 9.59 Å². The van der Waals surface area contributed by atoms with Gasteiger partial charge in [0.2, 0.25) is 11.8 Å². The molecule has 5 heteroatoms. The molecule has 0 aromatic carbocycles. The largest absolute Gasteiger partial charge is 0.348 e. The number of piperidine rings is 1. The molecule has 0 aromatic rings. The second-order valence-electron chi connectivity index (χ2n) is 4.97. The Bertz CT molecular complexity index is 291. The van der Waals surface area contributed by atoms with Crippen molar-refractivity contribution in [1.29, 1.82) is 0 Å². The predicted octanol–water partition coefficient (Wildman–Crippen LogP) is 0.0505. The van der Waals surface area contributed by atoms with Crippen molar-refractivity contribution >= 4 is 11.8 Å². The summed E-state index contributed by atoms with van der Waals surface area (Å²) in [7, 11) is 3.32. The van der Waals surface area contributed by atoms with Crippen LogP contribution in [0.4, 0.5) is 0 Å². The van der Waals surface area contributed by atoms with Crippen LogP contribution in [0.3, 0.4) is 0 Å². The average Bonchev–Trinajstić information content (AvgIpc) is 2.28. The van der Waals surface area contributed by atoms with Crippen LogP contribution in [-0.4, -0.2) is 54.8 Å². The molecule has 0 spiro atoms. The summed E-state index contributed by atoms with van der Waals surface area (Å²) < 4.78 is 0. The van der Waals surface area contributed by atoms with Gasteiger partial charge in [-0.2, -0.15) is 0 Å².